The van der Waals surface area contributed by atoms with Crippen LogP contribution in [0, 0.1) is 0 Å². The van der Waals surface area contributed by atoms with Crippen molar-refractivity contribution in [1.82, 2.24) is 0 Å². The summed E-state index contributed by atoms with van der Waals surface area (Å²) < 4.78 is 16.3. The van der Waals surface area contributed by atoms with Crippen molar-refractivity contribution in [2.45, 2.75) is 50.2 Å². The zero-order valence-corrected chi connectivity index (χ0v) is 6.68. The first-order chi connectivity index (χ1) is 5.81. The summed E-state index contributed by atoms with van der Waals surface area (Å²) in [6.07, 6.45) is 1.97. The highest BCUT2D eigenvalue weighted by atomic mass is 16.8. The Balaban J connectivity index is 1.91. The summed E-state index contributed by atoms with van der Waals surface area (Å²) in [5, 5.41) is 9.43. The van der Waals surface area contributed by atoms with E-state index in [0.717, 1.165) is 19.3 Å². The van der Waals surface area contributed by atoms with Crippen LogP contribution in [0.15, 0.2) is 0 Å². The van der Waals surface area contributed by atoms with Crippen molar-refractivity contribution in [3.63, 3.8) is 0 Å². The molecule has 3 saturated heterocycles. The van der Waals surface area contributed by atoms with Crippen LogP contribution >= 0.6 is 0 Å². The van der Waals surface area contributed by atoms with Gasteiger partial charge in [-0.05, 0) is 0 Å². The summed E-state index contributed by atoms with van der Waals surface area (Å²) in [5.74, 6) is 0. The highest BCUT2D eigenvalue weighted by molar-refractivity contribution is 4.87. The lowest BCUT2D eigenvalue weighted by Gasteiger charge is -2.37. The highest BCUT2D eigenvalue weighted by Gasteiger charge is 2.45. The van der Waals surface area contributed by atoms with Crippen molar-refractivity contribution in [3.05, 3.63) is 0 Å². The molecular formula is C8H12O4. The molecule has 4 fully saturated rings. The zero-order valence-electron chi connectivity index (χ0n) is 6.68. The summed E-state index contributed by atoms with van der Waals surface area (Å²) in [7, 11) is 0. The highest BCUT2D eigenvalue weighted by Crippen LogP contribution is 2.37. The van der Waals surface area contributed by atoms with Gasteiger partial charge in [0.15, 0.2) is 0 Å². The van der Waals surface area contributed by atoms with E-state index < -0.39 is 12.6 Å². The van der Waals surface area contributed by atoms with E-state index in [2.05, 4.69) is 0 Å². The van der Waals surface area contributed by atoms with Gasteiger partial charge in [0.05, 0.1) is 18.3 Å². The molecule has 1 saturated carbocycles. The molecule has 0 amide bonds. The lowest BCUT2D eigenvalue weighted by atomic mass is 9.92. The fourth-order valence-corrected chi connectivity index (χ4v) is 2.31. The standard InChI is InChI=1S/C8H12O4/c9-7-8-11-5-1-4(10-7)2-6(3-5)12-8/h4-9H,1-3H2. The Bertz CT molecular complexity index is 181. The average Bonchev–Trinajstić information content (AvgIpc) is 2.16. The fourth-order valence-electron chi connectivity index (χ4n) is 2.31. The van der Waals surface area contributed by atoms with Crippen molar-refractivity contribution < 1.29 is 19.3 Å². The summed E-state index contributed by atoms with van der Waals surface area (Å²) in [4.78, 5) is 0. The number of aliphatic hydroxyl groups excluding tert-OH is 1. The zero-order chi connectivity index (χ0) is 8.13. The SMILES string of the molecule is OC1OC2CC3CC(C2)OC1O3. The van der Waals surface area contributed by atoms with E-state index in [1.54, 1.807) is 0 Å². The molecule has 0 aromatic heterocycles. The van der Waals surface area contributed by atoms with Crippen LogP contribution in [-0.2, 0) is 14.2 Å². The Morgan fingerprint density at radius 2 is 1.33 bits per heavy atom. The van der Waals surface area contributed by atoms with Crippen LogP contribution < -0.4 is 0 Å². The molecule has 1 N–H and O–H groups in total. The van der Waals surface area contributed by atoms with Crippen molar-refractivity contribution >= 4 is 0 Å². The largest absolute Gasteiger partial charge is 0.364 e. The molecule has 0 spiro atoms. The van der Waals surface area contributed by atoms with Crippen molar-refractivity contribution in [3.8, 4) is 0 Å². The van der Waals surface area contributed by atoms with Crippen LogP contribution in [0.25, 0.3) is 0 Å². The molecule has 4 aliphatic rings. The van der Waals surface area contributed by atoms with Gasteiger partial charge in [0.25, 0.3) is 0 Å². The van der Waals surface area contributed by atoms with Gasteiger partial charge in [0.1, 0.15) is 0 Å². The van der Waals surface area contributed by atoms with Crippen LogP contribution in [0.3, 0.4) is 0 Å². The molecule has 1 aliphatic carbocycles. The minimum atomic E-state index is -0.884. The maximum absolute atomic E-state index is 9.43. The number of ether oxygens (including phenoxy) is 3. The maximum atomic E-state index is 9.43. The second kappa shape index (κ2) is 2.42. The van der Waals surface area contributed by atoms with Gasteiger partial charge in [-0.1, -0.05) is 0 Å². The normalized spacial score (nSPS) is 57.2. The first kappa shape index (κ1) is 7.26. The van der Waals surface area contributed by atoms with Crippen LogP contribution in [-0.4, -0.2) is 36.0 Å². The Labute approximate surface area is 70.4 Å². The summed E-state index contributed by atoms with van der Waals surface area (Å²) in [6.45, 7) is 0. The predicted octanol–water partition coefficient (Wildman–Crippen LogP) is -0.00240. The van der Waals surface area contributed by atoms with Crippen LogP contribution in [0.1, 0.15) is 19.3 Å². The van der Waals surface area contributed by atoms with Crippen molar-refractivity contribution in [2.24, 2.45) is 0 Å². The van der Waals surface area contributed by atoms with Gasteiger partial charge < -0.3 is 19.3 Å². The van der Waals surface area contributed by atoms with Crippen LogP contribution in [0.4, 0.5) is 0 Å². The average molecular weight is 172 g/mol. The minimum absolute atomic E-state index is 0.135. The van der Waals surface area contributed by atoms with E-state index in [9.17, 15) is 5.11 Å². The molecule has 0 radical (unpaired) electrons. The number of hydrogen-bond acceptors (Lipinski definition) is 4. The number of rotatable bonds is 0. The Kier molecular flexibility index (Phi) is 1.46. The van der Waals surface area contributed by atoms with E-state index in [4.69, 9.17) is 14.2 Å². The van der Waals surface area contributed by atoms with Gasteiger partial charge in [-0.3, -0.25) is 0 Å². The van der Waals surface area contributed by atoms with Gasteiger partial charge in [-0.25, -0.2) is 0 Å². The topological polar surface area (TPSA) is 47.9 Å². The number of fused-ring (bicyclic) bond motifs is 1. The molecule has 4 bridgehead atoms. The monoisotopic (exact) mass is 172 g/mol. The lowest BCUT2D eigenvalue weighted by Crippen LogP contribution is -2.43. The summed E-state index contributed by atoms with van der Waals surface area (Å²) in [5.41, 5.74) is 0. The molecule has 0 aromatic carbocycles. The molecule has 0 aromatic rings. The van der Waals surface area contributed by atoms with Crippen LogP contribution in [0.2, 0.25) is 0 Å². The second-order valence-corrected chi connectivity index (χ2v) is 3.74. The van der Waals surface area contributed by atoms with Gasteiger partial charge in [0, 0.05) is 19.3 Å². The molecule has 3 unspecified atom stereocenters. The molecule has 4 heteroatoms. The first-order valence-electron chi connectivity index (χ1n) is 4.46. The van der Waals surface area contributed by atoms with Gasteiger partial charge >= 0.3 is 0 Å². The molecule has 68 valence electrons. The van der Waals surface area contributed by atoms with E-state index in [0.29, 0.717) is 0 Å². The molecule has 3 atom stereocenters. The smallest absolute Gasteiger partial charge is 0.209 e. The van der Waals surface area contributed by atoms with Gasteiger partial charge in [-0.2, -0.15) is 0 Å². The third kappa shape index (κ3) is 0.992. The first-order valence-corrected chi connectivity index (χ1v) is 4.46. The van der Waals surface area contributed by atoms with E-state index in [-0.39, 0.29) is 18.3 Å². The van der Waals surface area contributed by atoms with Crippen molar-refractivity contribution in [2.75, 3.05) is 0 Å². The molecule has 3 heterocycles. The minimum Gasteiger partial charge on any atom is -0.364 e. The Morgan fingerprint density at radius 3 is 1.92 bits per heavy atom. The third-order valence-corrected chi connectivity index (χ3v) is 2.80. The second-order valence-electron chi connectivity index (χ2n) is 3.74. The lowest BCUT2D eigenvalue weighted by molar-refractivity contribution is -0.293. The van der Waals surface area contributed by atoms with E-state index in [1.807, 2.05) is 0 Å². The summed E-state index contributed by atoms with van der Waals surface area (Å²) >= 11 is 0. The maximum Gasteiger partial charge on any atom is 0.209 e. The number of hydrogen-bond donors (Lipinski definition) is 1. The van der Waals surface area contributed by atoms with E-state index >= 15 is 0 Å². The van der Waals surface area contributed by atoms with Gasteiger partial charge in [0.2, 0.25) is 12.6 Å². The molecule has 12 heavy (non-hydrogen) atoms. The molecule has 4 rings (SSSR count). The summed E-state index contributed by atoms with van der Waals surface area (Å²) in [6, 6.07) is 0. The van der Waals surface area contributed by atoms with E-state index in [1.165, 1.54) is 0 Å². The molecule has 3 aliphatic heterocycles. The fraction of sp³-hybridized carbons (Fsp3) is 1.00. The quantitative estimate of drug-likeness (QED) is 0.558. The molecular weight excluding hydrogens is 160 g/mol. The Morgan fingerprint density at radius 1 is 0.833 bits per heavy atom. The number of aliphatic hydroxyl groups is 1. The predicted molar refractivity (Wildman–Crippen MR) is 38.3 cm³/mol. The third-order valence-electron chi connectivity index (χ3n) is 2.80. The Hall–Kier alpha value is -0.160. The molecule has 4 nitrogen and oxygen atoms in total. The van der Waals surface area contributed by atoms with Crippen LogP contribution in [0.5, 0.6) is 0 Å². The van der Waals surface area contributed by atoms with Gasteiger partial charge in [-0.15, -0.1) is 0 Å². The van der Waals surface area contributed by atoms with Crippen molar-refractivity contribution in [1.29, 1.82) is 0 Å².